The van der Waals surface area contributed by atoms with Crippen LogP contribution >= 0.6 is 0 Å². The number of hydrogen-bond acceptors (Lipinski definition) is 7. The van der Waals surface area contributed by atoms with Crippen molar-refractivity contribution in [2.45, 2.75) is 12.5 Å². The zero-order chi connectivity index (χ0) is 22.9. The van der Waals surface area contributed by atoms with Crippen LogP contribution in [0.15, 0.2) is 51.7 Å². The van der Waals surface area contributed by atoms with Crippen LogP contribution in [-0.4, -0.2) is 67.3 Å². The minimum Gasteiger partial charge on any atom is -0.504 e. The van der Waals surface area contributed by atoms with Crippen molar-refractivity contribution >= 4 is 16.9 Å². The maximum absolute atomic E-state index is 13.5. The second-order valence-electron chi connectivity index (χ2n) is 8.31. The highest BCUT2D eigenvalue weighted by atomic mass is 16.5. The number of phenolic OH excluding ortho intramolecular Hbond substituents is 1. The van der Waals surface area contributed by atoms with Crippen molar-refractivity contribution in [3.8, 4) is 11.5 Å². The molecule has 1 saturated heterocycles. The number of methoxy groups -OCH3 is 1. The molecular formula is C25H26N2O6. The van der Waals surface area contributed by atoms with Crippen molar-refractivity contribution in [2.24, 2.45) is 0 Å². The van der Waals surface area contributed by atoms with Crippen LogP contribution in [0.25, 0.3) is 11.0 Å². The molecule has 33 heavy (non-hydrogen) atoms. The summed E-state index contributed by atoms with van der Waals surface area (Å²) < 4.78 is 16.7. The topological polar surface area (TPSA) is 92.5 Å². The van der Waals surface area contributed by atoms with E-state index >= 15 is 0 Å². The number of carbonyl (C=O) groups excluding carboxylic acids is 1. The number of rotatable bonds is 6. The number of aromatic hydroxyl groups is 1. The number of ether oxygens (including phenoxy) is 2. The molecule has 8 heteroatoms. The minimum absolute atomic E-state index is 0.00443. The summed E-state index contributed by atoms with van der Waals surface area (Å²) in [5.74, 6) is 0.0658. The third kappa shape index (κ3) is 3.85. The molecule has 1 N–H and O–H groups in total. The molecular weight excluding hydrogens is 424 g/mol. The van der Waals surface area contributed by atoms with E-state index in [2.05, 4.69) is 4.90 Å². The van der Waals surface area contributed by atoms with Crippen molar-refractivity contribution in [2.75, 3.05) is 46.5 Å². The lowest BCUT2D eigenvalue weighted by Gasteiger charge is -2.29. The van der Waals surface area contributed by atoms with Gasteiger partial charge < -0.3 is 23.9 Å². The van der Waals surface area contributed by atoms with Gasteiger partial charge in [0.2, 0.25) is 5.76 Å². The summed E-state index contributed by atoms with van der Waals surface area (Å²) in [6, 6.07) is 11.3. The van der Waals surface area contributed by atoms with E-state index in [0.29, 0.717) is 28.6 Å². The van der Waals surface area contributed by atoms with Crippen molar-refractivity contribution in [1.29, 1.82) is 0 Å². The fourth-order valence-electron chi connectivity index (χ4n) is 4.70. The Morgan fingerprint density at radius 2 is 1.88 bits per heavy atom. The number of hydrogen-bond donors (Lipinski definition) is 1. The molecule has 0 radical (unpaired) electrons. The molecule has 2 aliphatic rings. The third-order valence-corrected chi connectivity index (χ3v) is 6.37. The molecule has 1 amide bonds. The van der Waals surface area contributed by atoms with Gasteiger partial charge in [0.15, 0.2) is 16.9 Å². The molecule has 2 aromatic carbocycles. The SMILES string of the molecule is COc1cc([C@H]2c3c(oc4ccccc4c3=O)C(=O)N2CCCN2CCOCC2)ccc1O. The van der Waals surface area contributed by atoms with Crippen molar-refractivity contribution < 1.29 is 23.8 Å². The minimum atomic E-state index is -0.618. The Bertz CT molecular complexity index is 1250. The summed E-state index contributed by atoms with van der Waals surface area (Å²) in [6.07, 6.45) is 0.749. The number of para-hydroxylation sites is 1. The van der Waals surface area contributed by atoms with Gasteiger partial charge in [-0.05, 0) is 36.2 Å². The zero-order valence-electron chi connectivity index (χ0n) is 18.5. The Hall–Kier alpha value is -3.36. The van der Waals surface area contributed by atoms with Gasteiger partial charge in [-0.1, -0.05) is 18.2 Å². The lowest BCUT2D eigenvalue weighted by atomic mass is 9.98. The number of nitrogens with zero attached hydrogens (tertiary/aromatic N) is 2. The summed E-state index contributed by atoms with van der Waals surface area (Å²) in [7, 11) is 1.47. The first-order chi connectivity index (χ1) is 16.1. The Morgan fingerprint density at radius 3 is 2.67 bits per heavy atom. The van der Waals surface area contributed by atoms with Crippen molar-refractivity contribution in [3.05, 3.63) is 69.6 Å². The van der Waals surface area contributed by atoms with E-state index in [0.717, 1.165) is 39.3 Å². The van der Waals surface area contributed by atoms with Gasteiger partial charge in [0.1, 0.15) is 5.58 Å². The van der Waals surface area contributed by atoms with Crippen LogP contribution in [0.2, 0.25) is 0 Å². The Balaban J connectivity index is 1.55. The van der Waals surface area contributed by atoms with Crippen LogP contribution < -0.4 is 10.2 Å². The fraction of sp³-hybridized carbons (Fsp3) is 0.360. The Morgan fingerprint density at radius 1 is 1.09 bits per heavy atom. The first kappa shape index (κ1) is 21.5. The van der Waals surface area contributed by atoms with Gasteiger partial charge in [-0.2, -0.15) is 0 Å². The van der Waals surface area contributed by atoms with Gasteiger partial charge in [0.05, 0.1) is 37.3 Å². The standard InChI is InChI=1S/C25H26N2O6/c1-31-20-15-16(7-8-18(20)28)22-21-23(29)17-5-2-3-6-19(17)33-24(21)25(30)27(22)10-4-9-26-11-13-32-14-12-26/h2-3,5-8,15,22,28H,4,9-14H2,1H3/t22-/m0/s1. The van der Waals surface area contributed by atoms with E-state index in [-0.39, 0.29) is 28.6 Å². The van der Waals surface area contributed by atoms with Crippen LogP contribution in [0.5, 0.6) is 11.5 Å². The third-order valence-electron chi connectivity index (χ3n) is 6.37. The summed E-state index contributed by atoms with van der Waals surface area (Å²) in [4.78, 5) is 31.0. The molecule has 1 fully saturated rings. The lowest BCUT2D eigenvalue weighted by Crippen LogP contribution is -2.38. The van der Waals surface area contributed by atoms with Crippen molar-refractivity contribution in [1.82, 2.24) is 9.80 Å². The molecule has 3 heterocycles. The van der Waals surface area contributed by atoms with Crippen LogP contribution in [0.1, 0.15) is 34.1 Å². The summed E-state index contributed by atoms with van der Waals surface area (Å²) in [5, 5.41) is 10.5. The van der Waals surface area contributed by atoms with Gasteiger partial charge in [-0.15, -0.1) is 0 Å². The van der Waals surface area contributed by atoms with Gasteiger partial charge in [0, 0.05) is 26.2 Å². The molecule has 0 spiro atoms. The number of carbonyl (C=O) groups is 1. The molecule has 0 bridgehead atoms. The smallest absolute Gasteiger partial charge is 0.290 e. The van der Waals surface area contributed by atoms with E-state index in [1.165, 1.54) is 13.2 Å². The van der Waals surface area contributed by atoms with Gasteiger partial charge in [-0.3, -0.25) is 14.5 Å². The highest BCUT2D eigenvalue weighted by Gasteiger charge is 2.42. The van der Waals surface area contributed by atoms with Crippen LogP contribution in [0.4, 0.5) is 0 Å². The first-order valence-electron chi connectivity index (χ1n) is 11.1. The average Bonchev–Trinajstić information content (AvgIpc) is 3.12. The number of phenols is 1. The number of fused-ring (bicyclic) bond motifs is 2. The second-order valence-corrected chi connectivity index (χ2v) is 8.31. The van der Waals surface area contributed by atoms with Crippen LogP contribution in [0, 0.1) is 0 Å². The van der Waals surface area contributed by atoms with E-state index in [4.69, 9.17) is 13.9 Å². The maximum atomic E-state index is 13.5. The van der Waals surface area contributed by atoms with E-state index < -0.39 is 6.04 Å². The van der Waals surface area contributed by atoms with Gasteiger partial charge in [-0.25, -0.2) is 0 Å². The summed E-state index contributed by atoms with van der Waals surface area (Å²) in [5.41, 5.74) is 1.20. The van der Waals surface area contributed by atoms with Gasteiger partial charge >= 0.3 is 0 Å². The van der Waals surface area contributed by atoms with Gasteiger partial charge in [0.25, 0.3) is 5.91 Å². The number of amides is 1. The van der Waals surface area contributed by atoms with E-state index in [9.17, 15) is 14.7 Å². The summed E-state index contributed by atoms with van der Waals surface area (Å²) in [6.45, 7) is 4.48. The quantitative estimate of drug-likeness (QED) is 0.617. The van der Waals surface area contributed by atoms with Crippen LogP contribution in [-0.2, 0) is 4.74 Å². The van der Waals surface area contributed by atoms with E-state index in [1.54, 1.807) is 41.3 Å². The molecule has 0 saturated carbocycles. The second kappa shape index (κ2) is 8.88. The Labute approximate surface area is 190 Å². The maximum Gasteiger partial charge on any atom is 0.290 e. The molecule has 1 atom stereocenters. The predicted molar refractivity (Wildman–Crippen MR) is 122 cm³/mol. The molecule has 3 aromatic rings. The number of morpholine rings is 1. The summed E-state index contributed by atoms with van der Waals surface area (Å²) >= 11 is 0. The highest BCUT2D eigenvalue weighted by molar-refractivity contribution is 5.99. The highest BCUT2D eigenvalue weighted by Crippen LogP contribution is 2.40. The van der Waals surface area contributed by atoms with Crippen LogP contribution in [0.3, 0.4) is 0 Å². The predicted octanol–water partition coefficient (Wildman–Crippen LogP) is 2.77. The largest absolute Gasteiger partial charge is 0.504 e. The number of benzene rings is 2. The lowest BCUT2D eigenvalue weighted by molar-refractivity contribution is 0.0353. The first-order valence-corrected chi connectivity index (χ1v) is 11.1. The monoisotopic (exact) mass is 450 g/mol. The molecule has 2 aliphatic heterocycles. The Kier molecular flexibility index (Phi) is 5.78. The molecule has 172 valence electrons. The normalized spacial score (nSPS) is 18.6. The molecule has 0 aliphatic carbocycles. The molecule has 5 rings (SSSR count). The fourth-order valence-corrected chi connectivity index (χ4v) is 4.70. The van der Waals surface area contributed by atoms with Crippen molar-refractivity contribution in [3.63, 3.8) is 0 Å². The molecule has 0 unspecified atom stereocenters. The molecule has 1 aromatic heterocycles. The average molecular weight is 450 g/mol. The zero-order valence-corrected chi connectivity index (χ0v) is 18.5. The molecule has 8 nitrogen and oxygen atoms in total. The van der Waals surface area contributed by atoms with E-state index in [1.807, 2.05) is 0 Å².